The maximum absolute atomic E-state index is 12.2. The molecule has 0 heterocycles. The maximum Gasteiger partial charge on any atom is 0.271 e. The second-order valence-electron chi connectivity index (χ2n) is 7.49. The van der Waals surface area contributed by atoms with E-state index in [1.54, 1.807) is 19.1 Å². The number of benzene rings is 2. The fourth-order valence-electron chi connectivity index (χ4n) is 3.52. The Bertz CT molecular complexity index is 951. The van der Waals surface area contributed by atoms with Gasteiger partial charge in [0.25, 0.3) is 5.91 Å². The van der Waals surface area contributed by atoms with Gasteiger partial charge in [0.05, 0.1) is 5.71 Å². The van der Waals surface area contributed by atoms with Crippen molar-refractivity contribution in [2.75, 3.05) is 0 Å². The highest BCUT2D eigenvalue weighted by Crippen LogP contribution is 2.32. The van der Waals surface area contributed by atoms with Gasteiger partial charge in [-0.25, -0.2) is 10.9 Å². The van der Waals surface area contributed by atoms with Crippen molar-refractivity contribution in [2.45, 2.75) is 51.9 Å². The summed E-state index contributed by atoms with van der Waals surface area (Å²) in [4.78, 5) is 23.7. The van der Waals surface area contributed by atoms with Crippen molar-refractivity contribution in [1.82, 2.24) is 10.9 Å². The van der Waals surface area contributed by atoms with E-state index in [0.717, 1.165) is 42.7 Å². The first-order valence-electron chi connectivity index (χ1n) is 10.4. The Hall–Kier alpha value is -3.28. The molecule has 1 aliphatic rings. The third kappa shape index (κ3) is 5.86. The Morgan fingerprint density at radius 1 is 1.03 bits per heavy atom. The molecule has 1 fully saturated rings. The minimum Gasteiger partial charge on any atom is -0.273 e. The average Bonchev–Trinajstić information content (AvgIpc) is 2.81. The minimum atomic E-state index is -0.187. The van der Waals surface area contributed by atoms with Crippen LogP contribution in [0.2, 0.25) is 0 Å². The highest BCUT2D eigenvalue weighted by atomic mass is 16.2. The van der Waals surface area contributed by atoms with Crippen molar-refractivity contribution in [3.63, 3.8) is 0 Å². The molecule has 6 nitrogen and oxygen atoms in total. The van der Waals surface area contributed by atoms with E-state index in [0.29, 0.717) is 17.9 Å². The third-order valence-corrected chi connectivity index (χ3v) is 5.30. The summed E-state index contributed by atoms with van der Waals surface area (Å²) in [5.41, 5.74) is 9.87. The molecule has 0 bridgehead atoms. The molecular formula is C24H28N4O2. The Balaban J connectivity index is 1.66. The highest BCUT2D eigenvalue weighted by Gasteiger charge is 2.21. The molecule has 1 unspecified atom stereocenters. The number of rotatable bonds is 6. The summed E-state index contributed by atoms with van der Waals surface area (Å²) in [5, 5.41) is 8.59. The SMILES string of the molecule is CCC(=O)N/N=C(\C)c1cccc(C2CCC/C(=N/NC(=O)c3ccccc3)C2)c1. The molecule has 0 radical (unpaired) electrons. The van der Waals surface area contributed by atoms with Crippen molar-refractivity contribution in [1.29, 1.82) is 0 Å². The molecule has 0 aromatic heterocycles. The summed E-state index contributed by atoms with van der Waals surface area (Å²) < 4.78 is 0. The second-order valence-corrected chi connectivity index (χ2v) is 7.49. The maximum atomic E-state index is 12.2. The lowest BCUT2D eigenvalue weighted by Gasteiger charge is -2.24. The molecule has 6 heteroatoms. The van der Waals surface area contributed by atoms with Crippen LogP contribution in [0.1, 0.15) is 73.4 Å². The number of carbonyl (C=O) groups is 2. The zero-order valence-electron chi connectivity index (χ0n) is 17.5. The summed E-state index contributed by atoms with van der Waals surface area (Å²) >= 11 is 0. The van der Waals surface area contributed by atoms with E-state index in [9.17, 15) is 9.59 Å². The standard InChI is InChI=1S/C24H28N4O2/c1-3-23(29)27-25-17(2)19-11-7-12-20(15-19)21-13-8-14-22(16-21)26-28-24(30)18-9-5-4-6-10-18/h4-7,9-12,15,21H,3,8,13-14,16H2,1-2H3,(H,27,29)(H,28,30)/b25-17+,26-22-. The van der Waals surface area contributed by atoms with Crippen molar-refractivity contribution in [3.8, 4) is 0 Å². The van der Waals surface area contributed by atoms with Gasteiger partial charge in [-0.15, -0.1) is 0 Å². The van der Waals surface area contributed by atoms with Gasteiger partial charge in [0, 0.05) is 17.7 Å². The number of nitrogens with zero attached hydrogens (tertiary/aromatic N) is 2. The summed E-state index contributed by atoms with van der Waals surface area (Å²) in [6, 6.07) is 17.4. The van der Waals surface area contributed by atoms with E-state index in [2.05, 4.69) is 33.2 Å². The van der Waals surface area contributed by atoms with Gasteiger partial charge in [-0.1, -0.05) is 43.3 Å². The lowest BCUT2D eigenvalue weighted by molar-refractivity contribution is -0.120. The molecule has 2 amide bonds. The second kappa shape index (κ2) is 10.5. The van der Waals surface area contributed by atoms with Crippen LogP contribution in [0, 0.1) is 0 Å². The fourth-order valence-corrected chi connectivity index (χ4v) is 3.52. The van der Waals surface area contributed by atoms with Gasteiger partial charge in [-0.2, -0.15) is 10.2 Å². The molecule has 0 aliphatic heterocycles. The summed E-state index contributed by atoms with van der Waals surface area (Å²) in [5.74, 6) is 0.0634. The van der Waals surface area contributed by atoms with Crippen LogP contribution in [-0.2, 0) is 4.79 Å². The van der Waals surface area contributed by atoms with Gasteiger partial charge >= 0.3 is 0 Å². The number of hydrogen-bond donors (Lipinski definition) is 2. The first kappa shape index (κ1) is 21.4. The first-order chi connectivity index (χ1) is 14.6. The fraction of sp³-hybridized carbons (Fsp3) is 0.333. The van der Waals surface area contributed by atoms with Crippen molar-refractivity contribution >= 4 is 23.2 Å². The number of nitrogens with one attached hydrogen (secondary N) is 2. The van der Waals surface area contributed by atoms with Crippen LogP contribution >= 0.6 is 0 Å². The molecule has 0 saturated heterocycles. The normalized spacial score (nSPS) is 18.1. The quantitative estimate of drug-likeness (QED) is 0.553. The van der Waals surface area contributed by atoms with Crippen molar-refractivity contribution in [2.24, 2.45) is 10.2 Å². The molecule has 1 aliphatic carbocycles. The minimum absolute atomic E-state index is 0.101. The Kier molecular flexibility index (Phi) is 7.49. The predicted octanol–water partition coefficient (Wildman–Crippen LogP) is 4.38. The van der Waals surface area contributed by atoms with Crippen LogP contribution in [0.15, 0.2) is 64.8 Å². The zero-order valence-corrected chi connectivity index (χ0v) is 17.5. The van der Waals surface area contributed by atoms with Crippen molar-refractivity contribution < 1.29 is 9.59 Å². The van der Waals surface area contributed by atoms with Gasteiger partial charge in [0.15, 0.2) is 0 Å². The molecule has 1 atom stereocenters. The average molecular weight is 405 g/mol. The third-order valence-electron chi connectivity index (χ3n) is 5.30. The van der Waals surface area contributed by atoms with Crippen LogP contribution < -0.4 is 10.9 Å². The lowest BCUT2D eigenvalue weighted by atomic mass is 9.82. The van der Waals surface area contributed by atoms with Gasteiger partial charge < -0.3 is 0 Å². The van der Waals surface area contributed by atoms with Crippen LogP contribution in [-0.4, -0.2) is 23.2 Å². The summed E-state index contributed by atoms with van der Waals surface area (Å²) in [6.07, 6.45) is 4.24. The van der Waals surface area contributed by atoms with Gasteiger partial charge in [0.2, 0.25) is 5.91 Å². The van der Waals surface area contributed by atoms with E-state index >= 15 is 0 Å². The van der Waals surface area contributed by atoms with E-state index in [4.69, 9.17) is 0 Å². The van der Waals surface area contributed by atoms with E-state index < -0.39 is 0 Å². The highest BCUT2D eigenvalue weighted by molar-refractivity contribution is 5.99. The Labute approximate surface area is 177 Å². The van der Waals surface area contributed by atoms with E-state index in [1.165, 1.54) is 5.56 Å². The van der Waals surface area contributed by atoms with Crippen LogP contribution in [0.25, 0.3) is 0 Å². The molecule has 0 spiro atoms. The summed E-state index contributed by atoms with van der Waals surface area (Å²) in [7, 11) is 0. The topological polar surface area (TPSA) is 82.9 Å². The Morgan fingerprint density at radius 2 is 1.80 bits per heavy atom. The first-order valence-corrected chi connectivity index (χ1v) is 10.4. The van der Waals surface area contributed by atoms with Gasteiger partial charge in [-0.05, 0) is 67.9 Å². The number of amides is 2. The van der Waals surface area contributed by atoms with E-state index in [-0.39, 0.29) is 11.8 Å². The lowest BCUT2D eigenvalue weighted by Crippen LogP contribution is -2.22. The summed E-state index contributed by atoms with van der Waals surface area (Å²) in [6.45, 7) is 3.69. The molecule has 1 saturated carbocycles. The van der Waals surface area contributed by atoms with E-state index in [1.807, 2.05) is 37.3 Å². The predicted molar refractivity (Wildman–Crippen MR) is 120 cm³/mol. The van der Waals surface area contributed by atoms with Crippen LogP contribution in [0.3, 0.4) is 0 Å². The van der Waals surface area contributed by atoms with Gasteiger partial charge in [0.1, 0.15) is 0 Å². The smallest absolute Gasteiger partial charge is 0.271 e. The number of carbonyl (C=O) groups excluding carboxylic acids is 2. The largest absolute Gasteiger partial charge is 0.273 e. The Morgan fingerprint density at radius 3 is 2.57 bits per heavy atom. The molecule has 3 rings (SSSR count). The molecule has 2 aromatic carbocycles. The monoisotopic (exact) mass is 404 g/mol. The molecule has 30 heavy (non-hydrogen) atoms. The molecule has 2 aromatic rings. The number of hydrogen-bond acceptors (Lipinski definition) is 4. The zero-order chi connectivity index (χ0) is 21.3. The molecular weight excluding hydrogens is 376 g/mol. The molecule has 2 N–H and O–H groups in total. The van der Waals surface area contributed by atoms with Crippen LogP contribution in [0.5, 0.6) is 0 Å². The number of hydrazone groups is 2. The molecule has 156 valence electrons. The van der Waals surface area contributed by atoms with Crippen LogP contribution in [0.4, 0.5) is 0 Å². The van der Waals surface area contributed by atoms with Crippen molar-refractivity contribution in [3.05, 3.63) is 71.3 Å². The van der Waals surface area contributed by atoms with Gasteiger partial charge in [-0.3, -0.25) is 9.59 Å².